The number of anilines is 1. The number of hydrogen-bond donors (Lipinski definition) is 1. The van der Waals surface area contributed by atoms with E-state index >= 15 is 0 Å². The minimum atomic E-state index is 0.285. The van der Waals surface area contributed by atoms with Crippen LogP contribution in [0.25, 0.3) is 0 Å². The molecule has 0 unspecified atom stereocenters. The number of pyridine rings is 1. The number of rotatable bonds is 3. The lowest BCUT2D eigenvalue weighted by molar-refractivity contribution is 0.530. The maximum absolute atomic E-state index is 5.99. The lowest BCUT2D eigenvalue weighted by Crippen LogP contribution is -1.93. The van der Waals surface area contributed by atoms with E-state index in [9.17, 15) is 0 Å². The molecular weight excluding hydrogens is 267 g/mol. The van der Waals surface area contributed by atoms with Crippen molar-refractivity contribution in [3.63, 3.8) is 0 Å². The van der Waals surface area contributed by atoms with Crippen LogP contribution in [0.4, 0.5) is 5.82 Å². The maximum atomic E-state index is 5.99. The van der Waals surface area contributed by atoms with Crippen LogP contribution in [0.1, 0.15) is 5.76 Å². The first kappa shape index (κ1) is 11.6. The van der Waals surface area contributed by atoms with Crippen molar-refractivity contribution in [3.8, 4) is 0 Å². The van der Waals surface area contributed by atoms with Crippen molar-refractivity contribution in [2.24, 2.45) is 0 Å². The number of nitrogens with zero attached hydrogens (tertiary/aromatic N) is 1. The van der Waals surface area contributed by atoms with Crippen LogP contribution >= 0.6 is 35.0 Å². The molecule has 2 heterocycles. The van der Waals surface area contributed by atoms with Gasteiger partial charge in [0.15, 0.2) is 0 Å². The average Bonchev–Trinajstić information content (AvgIpc) is 2.74. The molecule has 0 bridgehead atoms. The molecule has 84 valence electrons. The Labute approximate surface area is 107 Å². The molecule has 0 saturated carbocycles. The standard InChI is InChI=1S/C10H8Cl2N2OS/c11-7-4-8(12)10(14-9(7)13)16-5-6-2-1-3-15-6/h1-4H,5H2,(H2,13,14). The van der Waals surface area contributed by atoms with Crippen molar-refractivity contribution in [1.82, 2.24) is 4.98 Å². The monoisotopic (exact) mass is 274 g/mol. The third kappa shape index (κ3) is 2.64. The van der Waals surface area contributed by atoms with E-state index in [4.69, 9.17) is 33.4 Å². The van der Waals surface area contributed by atoms with Crippen LogP contribution in [0.15, 0.2) is 33.9 Å². The van der Waals surface area contributed by atoms with Gasteiger partial charge in [-0.15, -0.1) is 0 Å². The van der Waals surface area contributed by atoms with Gasteiger partial charge in [-0.05, 0) is 18.2 Å². The van der Waals surface area contributed by atoms with Crippen LogP contribution in [0.3, 0.4) is 0 Å². The van der Waals surface area contributed by atoms with E-state index in [0.717, 1.165) is 5.76 Å². The normalized spacial score (nSPS) is 10.6. The van der Waals surface area contributed by atoms with Crippen molar-refractivity contribution < 1.29 is 4.42 Å². The van der Waals surface area contributed by atoms with E-state index in [1.165, 1.54) is 11.8 Å². The Morgan fingerprint density at radius 1 is 1.38 bits per heavy atom. The first-order valence-corrected chi connectivity index (χ1v) is 6.17. The molecule has 0 aliphatic heterocycles. The summed E-state index contributed by atoms with van der Waals surface area (Å²) < 4.78 is 5.20. The number of furan rings is 1. The smallest absolute Gasteiger partial charge is 0.143 e. The summed E-state index contributed by atoms with van der Waals surface area (Å²) in [5.74, 6) is 1.80. The van der Waals surface area contributed by atoms with Gasteiger partial charge in [0, 0.05) is 0 Å². The molecule has 2 N–H and O–H groups in total. The van der Waals surface area contributed by atoms with Crippen molar-refractivity contribution in [3.05, 3.63) is 40.3 Å². The van der Waals surface area contributed by atoms with E-state index in [1.807, 2.05) is 12.1 Å². The number of hydrogen-bond acceptors (Lipinski definition) is 4. The van der Waals surface area contributed by atoms with Gasteiger partial charge in [0.2, 0.25) is 0 Å². The van der Waals surface area contributed by atoms with Crippen LogP contribution in [0.2, 0.25) is 10.0 Å². The number of nitrogen functional groups attached to an aromatic ring is 1. The molecule has 0 atom stereocenters. The van der Waals surface area contributed by atoms with Gasteiger partial charge in [0.1, 0.15) is 16.6 Å². The predicted octanol–water partition coefficient (Wildman–Crippen LogP) is 3.86. The van der Waals surface area contributed by atoms with Crippen LogP contribution < -0.4 is 5.73 Å². The quantitative estimate of drug-likeness (QED) is 0.864. The largest absolute Gasteiger partial charge is 0.468 e. The first-order valence-electron chi connectivity index (χ1n) is 4.43. The van der Waals surface area contributed by atoms with Gasteiger partial charge in [-0.2, -0.15) is 0 Å². The summed E-state index contributed by atoms with van der Waals surface area (Å²) in [5.41, 5.74) is 5.60. The summed E-state index contributed by atoms with van der Waals surface area (Å²) in [6.45, 7) is 0. The lowest BCUT2D eigenvalue weighted by atomic mass is 10.5. The Hall–Kier alpha value is -0.840. The van der Waals surface area contributed by atoms with E-state index < -0.39 is 0 Å². The predicted molar refractivity (Wildman–Crippen MR) is 66.9 cm³/mol. The van der Waals surface area contributed by atoms with Gasteiger partial charge in [0.25, 0.3) is 0 Å². The molecule has 2 rings (SSSR count). The molecule has 2 aromatic rings. The van der Waals surface area contributed by atoms with Crippen molar-refractivity contribution in [2.75, 3.05) is 5.73 Å². The number of thioether (sulfide) groups is 1. The van der Waals surface area contributed by atoms with Crippen LogP contribution in [0, 0.1) is 0 Å². The highest BCUT2D eigenvalue weighted by molar-refractivity contribution is 7.98. The van der Waals surface area contributed by atoms with Gasteiger partial charge in [-0.25, -0.2) is 4.98 Å². The molecule has 0 amide bonds. The van der Waals surface area contributed by atoms with Crippen LogP contribution in [-0.4, -0.2) is 4.98 Å². The maximum Gasteiger partial charge on any atom is 0.143 e. The summed E-state index contributed by atoms with van der Waals surface area (Å²) in [6, 6.07) is 5.32. The van der Waals surface area contributed by atoms with E-state index in [2.05, 4.69) is 4.98 Å². The second-order valence-electron chi connectivity index (χ2n) is 3.01. The molecule has 0 spiro atoms. The second-order valence-corrected chi connectivity index (χ2v) is 4.79. The van der Waals surface area contributed by atoms with Crippen LogP contribution in [0.5, 0.6) is 0 Å². The van der Waals surface area contributed by atoms with E-state index in [1.54, 1.807) is 12.3 Å². The summed E-state index contributed by atoms with van der Waals surface area (Å²) in [5, 5.41) is 1.52. The van der Waals surface area contributed by atoms with Gasteiger partial charge in [-0.1, -0.05) is 35.0 Å². The Balaban J connectivity index is 2.12. The Bertz CT molecular complexity index is 488. The number of nitrogens with two attached hydrogens (primary N) is 1. The third-order valence-corrected chi connectivity index (χ3v) is 3.57. The molecule has 2 aromatic heterocycles. The fraction of sp³-hybridized carbons (Fsp3) is 0.100. The molecular formula is C10H8Cl2N2OS. The van der Waals surface area contributed by atoms with Gasteiger partial charge < -0.3 is 10.2 Å². The molecule has 16 heavy (non-hydrogen) atoms. The zero-order valence-electron chi connectivity index (χ0n) is 8.11. The molecule has 3 nitrogen and oxygen atoms in total. The summed E-state index contributed by atoms with van der Waals surface area (Å²) in [7, 11) is 0. The average molecular weight is 275 g/mol. The van der Waals surface area contributed by atoms with Crippen molar-refractivity contribution in [2.45, 2.75) is 10.8 Å². The van der Waals surface area contributed by atoms with Crippen molar-refractivity contribution in [1.29, 1.82) is 0 Å². The highest BCUT2D eigenvalue weighted by atomic mass is 35.5. The highest BCUT2D eigenvalue weighted by Crippen LogP contribution is 2.32. The molecule has 0 aromatic carbocycles. The zero-order chi connectivity index (χ0) is 11.5. The third-order valence-electron chi connectivity index (χ3n) is 1.86. The molecule has 0 fully saturated rings. The first-order chi connectivity index (χ1) is 7.66. The topological polar surface area (TPSA) is 52.0 Å². The minimum Gasteiger partial charge on any atom is -0.468 e. The fourth-order valence-corrected chi connectivity index (χ4v) is 2.42. The molecule has 6 heteroatoms. The Morgan fingerprint density at radius 2 is 2.19 bits per heavy atom. The Morgan fingerprint density at radius 3 is 2.88 bits per heavy atom. The summed E-state index contributed by atoms with van der Waals surface area (Å²) >= 11 is 13.2. The SMILES string of the molecule is Nc1nc(SCc2ccco2)c(Cl)cc1Cl. The summed E-state index contributed by atoms with van der Waals surface area (Å²) in [4.78, 5) is 4.11. The van der Waals surface area contributed by atoms with Gasteiger partial charge >= 0.3 is 0 Å². The Kier molecular flexibility index (Phi) is 3.63. The molecule has 0 aliphatic carbocycles. The van der Waals surface area contributed by atoms with E-state index in [0.29, 0.717) is 20.8 Å². The number of aromatic nitrogens is 1. The van der Waals surface area contributed by atoms with Gasteiger partial charge in [0.05, 0.1) is 22.1 Å². The minimum absolute atomic E-state index is 0.285. The second kappa shape index (κ2) is 4.99. The number of halogens is 2. The molecule has 0 saturated heterocycles. The summed E-state index contributed by atoms with van der Waals surface area (Å²) in [6.07, 6.45) is 1.63. The fourth-order valence-electron chi connectivity index (χ4n) is 1.10. The van der Waals surface area contributed by atoms with Gasteiger partial charge in [-0.3, -0.25) is 0 Å². The highest BCUT2D eigenvalue weighted by Gasteiger charge is 2.08. The van der Waals surface area contributed by atoms with Crippen LogP contribution in [-0.2, 0) is 5.75 Å². The lowest BCUT2D eigenvalue weighted by Gasteiger charge is -2.04. The molecule has 0 radical (unpaired) electrons. The zero-order valence-corrected chi connectivity index (χ0v) is 10.4. The van der Waals surface area contributed by atoms with E-state index in [-0.39, 0.29) is 5.82 Å². The molecule has 0 aliphatic rings. The van der Waals surface area contributed by atoms with Crippen molar-refractivity contribution >= 4 is 40.8 Å².